The number of ether oxygens (including phenoxy) is 7. The molecule has 5 aromatic rings. The van der Waals surface area contributed by atoms with Crippen LogP contribution < -0.4 is 35.6 Å². The van der Waals surface area contributed by atoms with Crippen LogP contribution in [-0.2, 0) is 44.6 Å². The van der Waals surface area contributed by atoms with E-state index in [0.29, 0.717) is 110 Å². The van der Waals surface area contributed by atoms with E-state index in [1.165, 1.54) is 18.2 Å². The highest BCUT2D eigenvalue weighted by molar-refractivity contribution is 6.24. The molecule has 2 fully saturated rings. The van der Waals surface area contributed by atoms with Gasteiger partial charge in [0.2, 0.25) is 17.7 Å². The lowest BCUT2D eigenvalue weighted by Crippen LogP contribution is -2.54. The Morgan fingerprint density at radius 2 is 1.38 bits per heavy atom. The molecular formula is C60H69N9O13. The number of piperidine rings is 1. The van der Waals surface area contributed by atoms with E-state index in [1.54, 1.807) is 18.5 Å². The number of urea groups is 1. The summed E-state index contributed by atoms with van der Waals surface area (Å²) in [6.45, 7) is 4.87. The van der Waals surface area contributed by atoms with Crippen LogP contribution in [0.3, 0.4) is 0 Å². The maximum absolute atomic E-state index is 13.9. The molecule has 7 amide bonds. The number of aromatic nitrogens is 2. The molecule has 82 heavy (non-hydrogen) atoms. The first-order chi connectivity index (χ1) is 40.1. The minimum atomic E-state index is -1.10. The van der Waals surface area contributed by atoms with Crippen molar-refractivity contribution in [2.75, 3.05) is 96.0 Å². The van der Waals surface area contributed by atoms with Gasteiger partial charge in [-0.2, -0.15) is 5.26 Å². The van der Waals surface area contributed by atoms with Gasteiger partial charge in [0.05, 0.1) is 76.2 Å². The number of benzene rings is 3. The van der Waals surface area contributed by atoms with Gasteiger partial charge in [-0.1, -0.05) is 48.5 Å². The van der Waals surface area contributed by atoms with Crippen molar-refractivity contribution >= 4 is 47.1 Å². The summed E-state index contributed by atoms with van der Waals surface area (Å²) in [7, 11) is 0. The molecule has 432 valence electrons. The minimum absolute atomic E-state index is 0.00162. The van der Waals surface area contributed by atoms with Gasteiger partial charge in [0.25, 0.3) is 17.7 Å². The summed E-state index contributed by atoms with van der Waals surface area (Å²) in [5.74, 6) is -1.67. The fraction of sp³-hybridized carbons (Fsp3) is 0.417. The lowest BCUT2D eigenvalue weighted by molar-refractivity contribution is -0.136. The van der Waals surface area contributed by atoms with Crippen molar-refractivity contribution < 1.29 is 61.9 Å². The second-order valence-corrected chi connectivity index (χ2v) is 19.5. The number of hydrogen-bond donors (Lipinski definition) is 4. The first-order valence-electron chi connectivity index (χ1n) is 27.7. The lowest BCUT2D eigenvalue weighted by Gasteiger charge is -2.37. The molecule has 22 heteroatoms. The van der Waals surface area contributed by atoms with Crippen molar-refractivity contribution in [1.29, 1.82) is 5.26 Å². The minimum Gasteiger partial charge on any atom is -0.483 e. The Balaban J connectivity index is 0.621. The molecule has 0 bridgehead atoms. The fourth-order valence-electron chi connectivity index (χ4n) is 9.61. The van der Waals surface area contributed by atoms with E-state index >= 15 is 0 Å². The van der Waals surface area contributed by atoms with Crippen LogP contribution >= 0.6 is 0 Å². The molecule has 22 nitrogen and oxygen atoms in total. The van der Waals surface area contributed by atoms with Crippen molar-refractivity contribution in [2.45, 2.75) is 76.0 Å². The summed E-state index contributed by atoms with van der Waals surface area (Å²) >= 11 is 0. The highest BCUT2D eigenvalue weighted by Gasteiger charge is 2.46. The third-order valence-electron chi connectivity index (χ3n) is 13.8. The Bertz CT molecular complexity index is 2950. The number of carbonyl (C=O) groups excluding carboxylic acids is 6. The van der Waals surface area contributed by atoms with Gasteiger partial charge in [0.15, 0.2) is 6.61 Å². The number of imide groups is 2. The van der Waals surface area contributed by atoms with Crippen LogP contribution in [0.25, 0.3) is 11.1 Å². The maximum atomic E-state index is 13.9. The number of fused-ring (bicyclic) bond motifs is 1. The number of nitrogens with zero attached hydrogens (tertiary/aromatic N) is 5. The number of pyridine rings is 2. The summed E-state index contributed by atoms with van der Waals surface area (Å²) in [5, 5.41) is 20.7. The topological polar surface area (TPSA) is 271 Å². The molecule has 2 aromatic heterocycles. The Morgan fingerprint density at radius 3 is 2.05 bits per heavy atom. The second-order valence-electron chi connectivity index (χ2n) is 19.5. The molecule has 0 radical (unpaired) electrons. The quantitative estimate of drug-likeness (QED) is 0.0284. The Kier molecular flexibility index (Phi) is 23.0. The highest BCUT2D eigenvalue weighted by atomic mass is 16.6. The Morgan fingerprint density at radius 1 is 0.683 bits per heavy atom. The van der Waals surface area contributed by atoms with Gasteiger partial charge < -0.3 is 49.1 Å². The SMILES string of the molecule is N#Cc1ccc(NC2CCC(N(C(=O)NCc3ccccc3)c3ccc(-c4ccnc(OCCOCCOCCOCCOCCOCCCCNC(=O)COc5cccc6c5C(=O)N(C5CCC(=O)NC5=O)C6=O)c4)cc3)CC2)nc1. The second kappa shape index (κ2) is 31.6. The summed E-state index contributed by atoms with van der Waals surface area (Å²) in [5.41, 5.74) is 4.29. The van der Waals surface area contributed by atoms with Gasteiger partial charge in [-0.15, -0.1) is 0 Å². The third kappa shape index (κ3) is 17.6. The molecule has 1 saturated carbocycles. The number of anilines is 2. The molecule has 1 aliphatic carbocycles. The summed E-state index contributed by atoms with van der Waals surface area (Å²) in [6.07, 6.45) is 8.02. The molecule has 3 aliphatic rings. The summed E-state index contributed by atoms with van der Waals surface area (Å²) < 4.78 is 39.6. The molecule has 4 N–H and O–H groups in total. The number of unbranched alkanes of at least 4 members (excludes halogenated alkanes) is 1. The average molecular weight is 1120 g/mol. The van der Waals surface area contributed by atoms with Crippen LogP contribution in [0.5, 0.6) is 11.6 Å². The maximum Gasteiger partial charge on any atom is 0.322 e. The van der Waals surface area contributed by atoms with Crippen LogP contribution in [-0.4, -0.2) is 154 Å². The lowest BCUT2D eigenvalue weighted by atomic mass is 9.89. The van der Waals surface area contributed by atoms with Crippen molar-refractivity contribution in [2.24, 2.45) is 0 Å². The van der Waals surface area contributed by atoms with Crippen LogP contribution in [0.4, 0.5) is 16.3 Å². The van der Waals surface area contributed by atoms with Gasteiger partial charge in [-0.05, 0) is 104 Å². The van der Waals surface area contributed by atoms with E-state index in [1.807, 2.05) is 77.7 Å². The molecule has 0 spiro atoms. The molecule has 1 saturated heterocycles. The van der Waals surface area contributed by atoms with E-state index in [0.717, 1.165) is 58.8 Å². The van der Waals surface area contributed by atoms with Gasteiger partial charge in [-0.3, -0.25) is 39.1 Å². The molecule has 1 unspecified atom stereocenters. The number of rotatable bonds is 32. The first-order valence-corrected chi connectivity index (χ1v) is 27.7. The number of amides is 7. The van der Waals surface area contributed by atoms with Gasteiger partial charge >= 0.3 is 6.03 Å². The van der Waals surface area contributed by atoms with E-state index in [-0.39, 0.29) is 54.4 Å². The average Bonchev–Trinajstić information content (AvgIpc) is 3.93. The van der Waals surface area contributed by atoms with E-state index < -0.39 is 35.6 Å². The number of nitrogens with one attached hydrogen (secondary N) is 4. The predicted molar refractivity (Wildman–Crippen MR) is 300 cm³/mol. The van der Waals surface area contributed by atoms with Crippen LogP contribution in [0.15, 0.2) is 109 Å². The molecule has 8 rings (SSSR count). The Labute approximate surface area is 476 Å². The fourth-order valence-corrected chi connectivity index (χ4v) is 9.61. The Hall–Kier alpha value is -8.33. The van der Waals surface area contributed by atoms with Crippen molar-refractivity contribution in [3.63, 3.8) is 0 Å². The number of nitriles is 1. The smallest absolute Gasteiger partial charge is 0.322 e. The van der Waals surface area contributed by atoms with Crippen molar-refractivity contribution in [1.82, 2.24) is 30.8 Å². The largest absolute Gasteiger partial charge is 0.483 e. The monoisotopic (exact) mass is 1120 g/mol. The van der Waals surface area contributed by atoms with Crippen LogP contribution in [0.2, 0.25) is 0 Å². The molecular weight excluding hydrogens is 1050 g/mol. The molecule has 1 atom stereocenters. The van der Waals surface area contributed by atoms with Gasteiger partial charge in [0, 0.05) is 62.3 Å². The number of hydrogen-bond acceptors (Lipinski definition) is 17. The molecule has 2 aliphatic heterocycles. The standard InChI is InChI=1S/C60H69N9O13/c61-38-43-11-21-52(64-40-43)66-46-14-18-48(19-15-46)68(60(75)65-39-42-7-2-1-3-8-42)47-16-12-44(13-17-47)45-23-25-63-55(37-45)81-36-35-80-34-33-79-32-31-78-30-29-77-28-27-76-26-5-4-24-62-54(71)41-82-51-10-6-9-49-56(51)59(74)69(58(49)73)50-20-22-53(70)67-57(50)72/h1-3,6-13,16-17,21,23,25,37,40,46,48,50H,4-5,14-15,18-20,22,24,26-36,39,41H2,(H,62,71)(H,64,66)(H,65,75)(H,67,70,72). The zero-order chi connectivity index (χ0) is 57.3. The zero-order valence-corrected chi connectivity index (χ0v) is 45.7. The summed E-state index contributed by atoms with van der Waals surface area (Å²) in [4.78, 5) is 88.1. The van der Waals surface area contributed by atoms with Crippen molar-refractivity contribution in [3.8, 4) is 28.8 Å². The van der Waals surface area contributed by atoms with Crippen LogP contribution in [0, 0.1) is 11.3 Å². The molecule has 4 heterocycles. The van der Waals surface area contributed by atoms with E-state index in [2.05, 4.69) is 37.3 Å². The van der Waals surface area contributed by atoms with Gasteiger partial charge in [-0.25, -0.2) is 14.8 Å². The molecule has 3 aromatic carbocycles. The van der Waals surface area contributed by atoms with E-state index in [4.69, 9.17) is 38.4 Å². The highest BCUT2D eigenvalue weighted by Crippen LogP contribution is 2.35. The zero-order valence-electron chi connectivity index (χ0n) is 45.7. The van der Waals surface area contributed by atoms with Crippen LogP contribution in [0.1, 0.15) is 83.2 Å². The predicted octanol–water partition coefficient (Wildman–Crippen LogP) is 5.99. The third-order valence-corrected chi connectivity index (χ3v) is 13.8. The van der Waals surface area contributed by atoms with E-state index in [9.17, 15) is 28.8 Å². The first kappa shape index (κ1) is 59.8. The summed E-state index contributed by atoms with van der Waals surface area (Å²) in [6, 6.07) is 30.8. The number of carbonyl (C=O) groups is 6. The normalized spacial score (nSPS) is 16.7. The van der Waals surface area contributed by atoms with Gasteiger partial charge in [0.1, 0.15) is 30.3 Å². The van der Waals surface area contributed by atoms with Crippen molar-refractivity contribution in [3.05, 3.63) is 132 Å².